The van der Waals surface area contributed by atoms with Crippen LogP contribution >= 0.6 is 0 Å². The molecule has 0 amide bonds. The maximum absolute atomic E-state index is 5.26. The van der Waals surface area contributed by atoms with Crippen LogP contribution in [0, 0.1) is 23.7 Å². The van der Waals surface area contributed by atoms with Gasteiger partial charge in [-0.25, -0.2) is 0 Å². The number of aliphatic imine (C=N–C) groups is 1. The van der Waals surface area contributed by atoms with Gasteiger partial charge in [-0.15, -0.1) is 6.42 Å². The zero-order chi connectivity index (χ0) is 14.2. The van der Waals surface area contributed by atoms with Gasteiger partial charge < -0.3 is 5.32 Å². The lowest BCUT2D eigenvalue weighted by molar-refractivity contribution is 0.242. The van der Waals surface area contributed by atoms with Gasteiger partial charge in [0.2, 0.25) is 0 Å². The van der Waals surface area contributed by atoms with E-state index in [9.17, 15) is 0 Å². The molecule has 2 nitrogen and oxygen atoms in total. The van der Waals surface area contributed by atoms with E-state index in [1.54, 1.807) is 7.05 Å². The topological polar surface area (TPSA) is 24.4 Å². The summed E-state index contributed by atoms with van der Waals surface area (Å²) in [6, 6.07) is 0. The van der Waals surface area contributed by atoms with Crippen LogP contribution in [0.1, 0.15) is 47.5 Å². The fraction of sp³-hybridized carbons (Fsp3) is 0.688. The summed E-state index contributed by atoms with van der Waals surface area (Å²) in [4.78, 5) is 4.26. The Hall–Kier alpha value is -1.23. The molecule has 1 atom stereocenters. The summed E-state index contributed by atoms with van der Waals surface area (Å²) in [5, 5.41) is 3.16. The first-order valence-electron chi connectivity index (χ1n) is 6.75. The lowest BCUT2D eigenvalue weighted by Crippen LogP contribution is -2.27. The molecule has 0 aromatic rings. The van der Waals surface area contributed by atoms with Gasteiger partial charge >= 0.3 is 0 Å². The van der Waals surface area contributed by atoms with Crippen molar-refractivity contribution >= 4 is 5.84 Å². The molecule has 0 heterocycles. The van der Waals surface area contributed by atoms with Crippen LogP contribution in [0.5, 0.6) is 0 Å². The molecule has 0 aliphatic heterocycles. The average Bonchev–Trinajstić information content (AvgIpc) is 2.36. The Morgan fingerprint density at radius 3 is 2.44 bits per heavy atom. The largest absolute Gasteiger partial charge is 0.359 e. The minimum Gasteiger partial charge on any atom is -0.359 e. The molecule has 0 saturated carbocycles. The molecular formula is C16H28N2. The highest BCUT2D eigenvalue weighted by atomic mass is 15.0. The second kappa shape index (κ2) is 7.97. The third kappa shape index (κ3) is 4.96. The van der Waals surface area contributed by atoms with Crippen molar-refractivity contribution in [3.8, 4) is 12.3 Å². The molecule has 0 aromatic carbocycles. The molecule has 0 aliphatic rings. The van der Waals surface area contributed by atoms with Gasteiger partial charge in [-0.1, -0.05) is 46.1 Å². The lowest BCUT2D eigenvalue weighted by Gasteiger charge is -2.31. The van der Waals surface area contributed by atoms with Gasteiger partial charge in [-0.05, 0) is 30.3 Å². The molecular weight excluding hydrogens is 220 g/mol. The van der Waals surface area contributed by atoms with Crippen molar-refractivity contribution < 1.29 is 0 Å². The molecule has 18 heavy (non-hydrogen) atoms. The van der Waals surface area contributed by atoms with E-state index in [1.807, 2.05) is 0 Å². The first-order valence-corrected chi connectivity index (χ1v) is 6.75. The Bertz CT molecular complexity index is 343. The Labute approximate surface area is 113 Å². The maximum atomic E-state index is 5.26. The molecule has 1 N–H and O–H groups in total. The number of terminal acetylenes is 1. The first kappa shape index (κ1) is 16.8. The Morgan fingerprint density at radius 1 is 1.44 bits per heavy atom. The van der Waals surface area contributed by atoms with Gasteiger partial charge in [-0.3, -0.25) is 4.99 Å². The van der Waals surface area contributed by atoms with Crippen molar-refractivity contribution in [3.05, 3.63) is 11.6 Å². The molecule has 102 valence electrons. The number of nitrogens with one attached hydrogen (secondary N) is 1. The summed E-state index contributed by atoms with van der Waals surface area (Å²) < 4.78 is 0. The highest BCUT2D eigenvalue weighted by Crippen LogP contribution is 2.34. The molecule has 0 bridgehead atoms. The fourth-order valence-electron chi connectivity index (χ4n) is 2.07. The average molecular weight is 248 g/mol. The molecule has 0 radical (unpaired) electrons. The normalized spacial score (nSPS) is 15.2. The van der Waals surface area contributed by atoms with Gasteiger partial charge in [0.25, 0.3) is 0 Å². The lowest BCUT2D eigenvalue weighted by atomic mass is 9.74. The quantitative estimate of drug-likeness (QED) is 0.433. The van der Waals surface area contributed by atoms with Gasteiger partial charge in [0.05, 0.1) is 6.54 Å². The van der Waals surface area contributed by atoms with Crippen molar-refractivity contribution in [2.24, 2.45) is 16.3 Å². The van der Waals surface area contributed by atoms with Crippen LogP contribution in [-0.2, 0) is 0 Å². The summed E-state index contributed by atoms with van der Waals surface area (Å²) >= 11 is 0. The molecule has 2 heteroatoms. The SMILES string of the molecule is C#CCNC(=NC)/C(C)=C/C(CC)C(C)(C)CC. The summed E-state index contributed by atoms with van der Waals surface area (Å²) in [6.07, 6.45) is 9.91. The zero-order valence-electron chi connectivity index (χ0n) is 12.8. The standard InChI is InChI=1S/C16H28N2/c1-8-11-18-15(17-7)13(4)12-14(9-2)16(5,6)10-3/h1,12,14H,9-11H2,2-7H3,(H,17,18)/b13-12+. The van der Waals surface area contributed by atoms with E-state index in [4.69, 9.17) is 6.42 Å². The van der Waals surface area contributed by atoms with Crippen LogP contribution in [0.2, 0.25) is 0 Å². The van der Waals surface area contributed by atoms with Crippen LogP contribution in [0.15, 0.2) is 16.6 Å². The van der Waals surface area contributed by atoms with Gasteiger partial charge in [0.1, 0.15) is 5.84 Å². The van der Waals surface area contributed by atoms with Gasteiger partial charge in [0, 0.05) is 7.05 Å². The summed E-state index contributed by atoms with van der Waals surface area (Å²) in [7, 11) is 1.79. The first-order chi connectivity index (χ1) is 8.42. The van der Waals surface area contributed by atoms with Crippen LogP contribution in [0.4, 0.5) is 0 Å². The third-order valence-electron chi connectivity index (χ3n) is 3.76. The maximum Gasteiger partial charge on any atom is 0.123 e. The second-order valence-electron chi connectivity index (χ2n) is 5.34. The van der Waals surface area contributed by atoms with E-state index < -0.39 is 0 Å². The fourth-order valence-corrected chi connectivity index (χ4v) is 2.07. The summed E-state index contributed by atoms with van der Waals surface area (Å²) in [6.45, 7) is 11.7. The van der Waals surface area contributed by atoms with Crippen molar-refractivity contribution in [2.75, 3.05) is 13.6 Å². The number of amidine groups is 1. The number of rotatable bonds is 6. The van der Waals surface area contributed by atoms with Crippen molar-refractivity contribution in [1.82, 2.24) is 5.32 Å². The third-order valence-corrected chi connectivity index (χ3v) is 3.76. The smallest absolute Gasteiger partial charge is 0.123 e. The predicted molar refractivity (Wildman–Crippen MR) is 81.8 cm³/mol. The van der Waals surface area contributed by atoms with Crippen LogP contribution in [0.25, 0.3) is 0 Å². The second-order valence-corrected chi connectivity index (χ2v) is 5.34. The molecule has 0 spiro atoms. The highest BCUT2D eigenvalue weighted by molar-refractivity contribution is 5.97. The summed E-state index contributed by atoms with van der Waals surface area (Å²) in [5.74, 6) is 4.04. The van der Waals surface area contributed by atoms with Crippen LogP contribution in [-0.4, -0.2) is 19.4 Å². The van der Waals surface area contributed by atoms with E-state index in [0.717, 1.165) is 12.3 Å². The summed E-state index contributed by atoms with van der Waals surface area (Å²) in [5.41, 5.74) is 1.50. The molecule has 0 saturated heterocycles. The predicted octanol–water partition coefficient (Wildman–Crippen LogP) is 3.65. The minimum atomic E-state index is 0.320. The number of allylic oxidation sites excluding steroid dienone is 1. The Balaban J connectivity index is 4.97. The number of hydrogen-bond donors (Lipinski definition) is 1. The molecule has 0 fully saturated rings. The number of nitrogens with zero attached hydrogens (tertiary/aromatic N) is 1. The van der Waals surface area contributed by atoms with Gasteiger partial charge in [-0.2, -0.15) is 0 Å². The highest BCUT2D eigenvalue weighted by Gasteiger charge is 2.24. The molecule has 0 aromatic heterocycles. The number of hydrogen-bond acceptors (Lipinski definition) is 1. The molecule has 1 unspecified atom stereocenters. The van der Waals surface area contributed by atoms with Gasteiger partial charge in [0.15, 0.2) is 0 Å². The van der Waals surface area contributed by atoms with E-state index in [2.05, 4.69) is 56.9 Å². The van der Waals surface area contributed by atoms with Crippen LogP contribution < -0.4 is 5.32 Å². The van der Waals surface area contributed by atoms with E-state index in [0.29, 0.717) is 17.9 Å². The van der Waals surface area contributed by atoms with Crippen molar-refractivity contribution in [2.45, 2.75) is 47.5 Å². The van der Waals surface area contributed by atoms with Crippen LogP contribution in [0.3, 0.4) is 0 Å². The Morgan fingerprint density at radius 2 is 2.06 bits per heavy atom. The van der Waals surface area contributed by atoms with Crippen molar-refractivity contribution in [1.29, 1.82) is 0 Å². The molecule has 0 rings (SSSR count). The Kier molecular flexibility index (Phi) is 7.43. The minimum absolute atomic E-state index is 0.320. The van der Waals surface area contributed by atoms with E-state index in [-0.39, 0.29) is 0 Å². The van der Waals surface area contributed by atoms with E-state index in [1.165, 1.54) is 12.0 Å². The molecule has 0 aliphatic carbocycles. The van der Waals surface area contributed by atoms with Crippen molar-refractivity contribution in [3.63, 3.8) is 0 Å². The zero-order valence-corrected chi connectivity index (χ0v) is 12.8. The monoisotopic (exact) mass is 248 g/mol. The van der Waals surface area contributed by atoms with E-state index >= 15 is 0 Å².